The molecule has 2 unspecified atom stereocenters. The van der Waals surface area contributed by atoms with Crippen molar-refractivity contribution in [1.29, 1.82) is 0 Å². The second-order valence-electron chi connectivity index (χ2n) is 14.4. The van der Waals surface area contributed by atoms with E-state index >= 15 is 0 Å². The summed E-state index contributed by atoms with van der Waals surface area (Å²) >= 11 is 1.69. The number of anilines is 2. The third-order valence-corrected chi connectivity index (χ3v) is 12.6. The lowest BCUT2D eigenvalue weighted by Crippen LogP contribution is -2.26. The summed E-state index contributed by atoms with van der Waals surface area (Å²) in [6, 6.07) is 29.9. The van der Waals surface area contributed by atoms with Crippen molar-refractivity contribution in [2.24, 2.45) is 0 Å². The highest BCUT2D eigenvalue weighted by Crippen LogP contribution is 2.55. The molecule has 3 aliphatic carbocycles. The number of carbonyl (C=O) groups excluding carboxylic acids is 2. The Hall–Kier alpha value is -5.33. The molecule has 0 spiro atoms. The molecule has 50 heavy (non-hydrogen) atoms. The first kappa shape index (κ1) is 30.7. The zero-order chi connectivity index (χ0) is 34.5. The van der Waals surface area contributed by atoms with Crippen LogP contribution in [0.25, 0.3) is 27.6 Å². The molecule has 0 amide bonds. The van der Waals surface area contributed by atoms with Crippen LogP contribution in [0.4, 0.5) is 11.4 Å². The van der Waals surface area contributed by atoms with E-state index in [1.54, 1.807) is 17.4 Å². The number of rotatable bonds is 5. The van der Waals surface area contributed by atoms with Crippen LogP contribution >= 0.6 is 11.3 Å². The summed E-state index contributed by atoms with van der Waals surface area (Å²) < 4.78 is 0. The highest BCUT2D eigenvalue weighted by Gasteiger charge is 2.43. The summed E-state index contributed by atoms with van der Waals surface area (Å²) in [7, 11) is 0. The quantitative estimate of drug-likeness (QED) is 0.148. The maximum Gasteiger partial charge on any atom is 0.336 e. The highest BCUT2D eigenvalue weighted by molar-refractivity contribution is 7.16. The fraction of sp³-hybridized carbons (Fsp3) is 0.205. The zero-order valence-electron chi connectivity index (χ0n) is 28.1. The molecule has 2 atom stereocenters. The first-order valence-corrected chi connectivity index (χ1v) is 18.1. The molecule has 1 fully saturated rings. The Bertz CT molecular complexity index is 2390. The lowest BCUT2D eigenvalue weighted by atomic mass is 9.82. The monoisotopic (exact) mass is 673 g/mol. The summed E-state index contributed by atoms with van der Waals surface area (Å²) in [5.41, 5.74) is 11.8. The van der Waals surface area contributed by atoms with Crippen LogP contribution in [0.1, 0.15) is 97.2 Å². The van der Waals surface area contributed by atoms with E-state index in [2.05, 4.69) is 92.4 Å². The third-order valence-electron chi connectivity index (χ3n) is 11.3. The normalized spacial score (nSPS) is 20.4. The maximum atomic E-state index is 13.1. The van der Waals surface area contributed by atoms with Crippen molar-refractivity contribution in [3.05, 3.63) is 146 Å². The number of allylic oxidation sites excluding steroid dienone is 3. The molecule has 2 heterocycles. The molecule has 0 bridgehead atoms. The predicted octanol–water partition coefficient (Wildman–Crippen LogP) is 10.5. The second-order valence-corrected chi connectivity index (χ2v) is 15.5. The Morgan fingerprint density at radius 2 is 1.68 bits per heavy atom. The van der Waals surface area contributed by atoms with Crippen molar-refractivity contribution in [2.45, 2.75) is 57.4 Å². The number of hydrogen-bond acceptors (Lipinski definition) is 5. The highest BCUT2D eigenvalue weighted by atomic mass is 32.1. The van der Waals surface area contributed by atoms with Crippen molar-refractivity contribution in [2.75, 3.05) is 4.90 Å². The van der Waals surface area contributed by atoms with Gasteiger partial charge in [-0.25, -0.2) is 4.79 Å². The number of carboxylic acid groups (broad SMARTS) is 1. The van der Waals surface area contributed by atoms with Crippen LogP contribution in [-0.2, 0) is 5.41 Å². The molecule has 1 aromatic heterocycles. The van der Waals surface area contributed by atoms with E-state index in [0.29, 0.717) is 12.0 Å². The fourth-order valence-electron chi connectivity index (χ4n) is 8.94. The Morgan fingerprint density at radius 3 is 2.52 bits per heavy atom. The number of Topliss-reactive ketones (excluding diaryl/α,β-unsaturated/α-hetero) is 2. The van der Waals surface area contributed by atoms with Gasteiger partial charge in [-0.1, -0.05) is 74.9 Å². The average molecular weight is 674 g/mol. The van der Waals surface area contributed by atoms with Gasteiger partial charge in [0.05, 0.1) is 11.1 Å². The van der Waals surface area contributed by atoms with Gasteiger partial charge in [0, 0.05) is 49.6 Å². The minimum absolute atomic E-state index is 0.00878. The van der Waals surface area contributed by atoms with Gasteiger partial charge < -0.3 is 10.0 Å². The van der Waals surface area contributed by atoms with E-state index < -0.39 is 17.5 Å². The molecule has 0 radical (unpaired) electrons. The van der Waals surface area contributed by atoms with Gasteiger partial charge >= 0.3 is 5.97 Å². The van der Waals surface area contributed by atoms with Crippen LogP contribution < -0.4 is 4.90 Å². The van der Waals surface area contributed by atoms with Gasteiger partial charge in [-0.2, -0.15) is 0 Å². The van der Waals surface area contributed by atoms with Crippen molar-refractivity contribution >= 4 is 46.3 Å². The molecule has 0 saturated heterocycles. The van der Waals surface area contributed by atoms with Gasteiger partial charge in [0.2, 0.25) is 0 Å². The van der Waals surface area contributed by atoms with Crippen molar-refractivity contribution < 1.29 is 19.5 Å². The van der Waals surface area contributed by atoms with Crippen LogP contribution in [0.5, 0.6) is 0 Å². The first-order chi connectivity index (χ1) is 24.1. The second kappa shape index (κ2) is 11.1. The van der Waals surface area contributed by atoms with E-state index in [1.165, 1.54) is 93.2 Å². The molecule has 1 N–H and O–H groups in total. The number of fused-ring (bicyclic) bond motifs is 7. The zero-order valence-corrected chi connectivity index (χ0v) is 28.9. The molecule has 5 nitrogen and oxygen atoms in total. The molecule has 1 aliphatic heterocycles. The molecule has 9 rings (SSSR count). The molecule has 4 aromatic carbocycles. The van der Waals surface area contributed by atoms with Gasteiger partial charge in [-0.3, -0.25) is 9.59 Å². The number of carboxylic acids is 1. The van der Waals surface area contributed by atoms with Crippen LogP contribution in [0.15, 0.2) is 103 Å². The number of aryl methyl sites for hydroxylation is 1. The smallest absolute Gasteiger partial charge is 0.336 e. The summed E-state index contributed by atoms with van der Waals surface area (Å²) in [6.45, 7) is 6.73. The number of benzene rings is 4. The summed E-state index contributed by atoms with van der Waals surface area (Å²) in [4.78, 5) is 42.5. The summed E-state index contributed by atoms with van der Waals surface area (Å²) in [5.74, 6) is -1.70. The van der Waals surface area contributed by atoms with E-state index in [4.69, 9.17) is 0 Å². The van der Waals surface area contributed by atoms with Crippen LogP contribution in [-0.4, -0.2) is 28.7 Å². The van der Waals surface area contributed by atoms with E-state index in [1.807, 2.05) is 6.08 Å². The van der Waals surface area contributed by atoms with Crippen LogP contribution in [0, 0.1) is 6.92 Å². The van der Waals surface area contributed by atoms with Gasteiger partial charge in [0.15, 0.2) is 11.6 Å². The fourth-order valence-corrected chi connectivity index (χ4v) is 10.0. The van der Waals surface area contributed by atoms with E-state index in [0.717, 1.165) is 10.4 Å². The Morgan fingerprint density at radius 1 is 0.880 bits per heavy atom. The molecular weight excluding hydrogens is 639 g/mol. The lowest BCUT2D eigenvalue weighted by Gasteiger charge is -2.28. The minimum atomic E-state index is -1.22. The predicted molar refractivity (Wildman–Crippen MR) is 200 cm³/mol. The number of thiophene rings is 1. The number of nitrogens with zero attached hydrogens (tertiary/aromatic N) is 1. The van der Waals surface area contributed by atoms with Crippen molar-refractivity contribution in [3.8, 4) is 21.6 Å². The van der Waals surface area contributed by atoms with Crippen molar-refractivity contribution in [3.63, 3.8) is 0 Å². The number of carbonyl (C=O) groups is 3. The van der Waals surface area contributed by atoms with Gasteiger partial charge in [0.1, 0.15) is 0 Å². The Kier molecular flexibility index (Phi) is 6.81. The van der Waals surface area contributed by atoms with Crippen LogP contribution in [0.3, 0.4) is 0 Å². The molecule has 1 saturated carbocycles. The minimum Gasteiger partial charge on any atom is -0.478 e. The Labute approximate surface area is 295 Å². The topological polar surface area (TPSA) is 74.7 Å². The molecule has 4 aliphatic rings. The largest absolute Gasteiger partial charge is 0.478 e. The number of ketones is 2. The number of aromatic carboxylic acids is 1. The number of hydrogen-bond donors (Lipinski definition) is 1. The van der Waals surface area contributed by atoms with Crippen LogP contribution in [0.2, 0.25) is 0 Å². The maximum absolute atomic E-state index is 13.1. The lowest BCUT2D eigenvalue weighted by molar-refractivity contribution is 0.0692. The third kappa shape index (κ3) is 4.41. The standard InChI is InChI=1S/C44H35NO4S/c1-24-21-39(50-38(24)16-8-13-31-41(46)29-11-6-12-30(43(48)49)40(29)42(31)47)25-17-20-37-33(22-25)28-10-7-15-36(28)45(37)26-18-19-35-32(23-26)27-9-4-5-14-34(27)44(35,2)3/h4-6,8-9,11-14,16-23,28,36H,7,10,15H2,1-3H3,(H,48,49)/b16-8+,31-13-. The molecule has 5 aromatic rings. The van der Waals surface area contributed by atoms with Gasteiger partial charge in [0.25, 0.3) is 0 Å². The first-order valence-electron chi connectivity index (χ1n) is 17.3. The van der Waals surface area contributed by atoms with E-state index in [9.17, 15) is 19.5 Å². The Balaban J connectivity index is 1.02. The van der Waals surface area contributed by atoms with Crippen molar-refractivity contribution in [1.82, 2.24) is 0 Å². The molecular formula is C44H35NO4S. The summed E-state index contributed by atoms with van der Waals surface area (Å²) in [6.07, 6.45) is 8.77. The van der Waals surface area contributed by atoms with Gasteiger partial charge in [-0.05, 0) is 107 Å². The molecule has 246 valence electrons. The SMILES string of the molecule is Cc1cc(-c2ccc3c(c2)C2CCCC2N3c2ccc3c(c2)-c2ccccc2C3(C)C)sc1/C=C/C=C1/C(=O)c2cccc(C(=O)O)c2C1=O. The van der Waals surface area contributed by atoms with Gasteiger partial charge in [-0.15, -0.1) is 11.3 Å². The molecule has 6 heteroatoms. The van der Waals surface area contributed by atoms with E-state index in [-0.39, 0.29) is 27.7 Å². The summed E-state index contributed by atoms with van der Waals surface area (Å²) in [5, 5.41) is 9.53. The average Bonchev–Trinajstić information content (AvgIpc) is 3.90.